The van der Waals surface area contributed by atoms with Crippen LogP contribution in [0.3, 0.4) is 0 Å². The van der Waals surface area contributed by atoms with Gasteiger partial charge in [0.25, 0.3) is 5.91 Å². The number of carbonyl (C=O) groups excluding carboxylic acids is 1. The molecular weight excluding hydrogens is 509 g/mol. The molecular formula is C26H18Cl3N3O3. The zero-order valence-electron chi connectivity index (χ0n) is 18.2. The van der Waals surface area contributed by atoms with Crippen molar-refractivity contribution in [1.29, 1.82) is 0 Å². The molecule has 0 saturated heterocycles. The Labute approximate surface area is 216 Å². The molecule has 35 heavy (non-hydrogen) atoms. The molecule has 0 aliphatic rings. The summed E-state index contributed by atoms with van der Waals surface area (Å²) in [4.78, 5) is 12.6. The van der Waals surface area contributed by atoms with Crippen LogP contribution in [0, 0.1) is 0 Å². The predicted molar refractivity (Wildman–Crippen MR) is 138 cm³/mol. The van der Waals surface area contributed by atoms with Crippen molar-refractivity contribution in [3.8, 4) is 5.75 Å². The number of fused-ring (bicyclic) bond motifs is 1. The number of benzene rings is 3. The van der Waals surface area contributed by atoms with Crippen LogP contribution in [0.4, 0.5) is 5.82 Å². The third-order valence-electron chi connectivity index (χ3n) is 5.30. The van der Waals surface area contributed by atoms with E-state index in [1.54, 1.807) is 22.9 Å². The summed E-state index contributed by atoms with van der Waals surface area (Å²) in [7, 11) is 0. The maximum Gasteiger partial charge on any atom is 0.292 e. The van der Waals surface area contributed by atoms with Crippen LogP contribution >= 0.6 is 34.8 Å². The quantitative estimate of drug-likeness (QED) is 0.239. The van der Waals surface area contributed by atoms with E-state index in [4.69, 9.17) is 44.0 Å². The molecule has 5 rings (SSSR count). The van der Waals surface area contributed by atoms with E-state index >= 15 is 0 Å². The van der Waals surface area contributed by atoms with E-state index in [9.17, 15) is 4.79 Å². The van der Waals surface area contributed by atoms with E-state index < -0.39 is 5.91 Å². The summed E-state index contributed by atoms with van der Waals surface area (Å²) in [5, 5.41) is 10.5. The molecule has 0 aliphatic heterocycles. The number of nitrogens with zero attached hydrogens (tertiary/aromatic N) is 2. The normalized spacial score (nSPS) is 11.1. The number of furan rings is 1. The van der Waals surface area contributed by atoms with Gasteiger partial charge in [0, 0.05) is 17.3 Å². The van der Waals surface area contributed by atoms with E-state index in [-0.39, 0.29) is 28.2 Å². The van der Waals surface area contributed by atoms with Crippen LogP contribution in [0.2, 0.25) is 15.1 Å². The lowest BCUT2D eigenvalue weighted by Crippen LogP contribution is -2.12. The van der Waals surface area contributed by atoms with Gasteiger partial charge in [-0.3, -0.25) is 9.48 Å². The van der Waals surface area contributed by atoms with Crippen molar-refractivity contribution < 1.29 is 13.9 Å². The first-order valence-electron chi connectivity index (χ1n) is 10.6. The Bertz CT molecular complexity index is 1500. The third-order valence-corrected chi connectivity index (χ3v) is 6.08. The van der Waals surface area contributed by atoms with Crippen molar-refractivity contribution in [3.63, 3.8) is 0 Å². The molecule has 3 aromatic carbocycles. The number of carbonyl (C=O) groups is 1. The number of aromatic nitrogens is 2. The molecule has 0 saturated carbocycles. The second-order valence-corrected chi connectivity index (χ2v) is 8.99. The first-order chi connectivity index (χ1) is 17.0. The molecule has 2 aromatic heterocycles. The van der Waals surface area contributed by atoms with Gasteiger partial charge in [-0.25, -0.2) is 0 Å². The first-order valence-corrected chi connectivity index (χ1v) is 11.8. The monoisotopic (exact) mass is 525 g/mol. The van der Waals surface area contributed by atoms with Gasteiger partial charge in [0.15, 0.2) is 17.3 Å². The maximum absolute atomic E-state index is 12.6. The average Bonchev–Trinajstić information content (AvgIpc) is 3.48. The van der Waals surface area contributed by atoms with Crippen LogP contribution in [0.25, 0.3) is 10.8 Å². The average molecular weight is 527 g/mol. The molecule has 9 heteroatoms. The fourth-order valence-electron chi connectivity index (χ4n) is 3.69. The number of anilines is 1. The predicted octanol–water partition coefficient (Wildman–Crippen LogP) is 7.47. The van der Waals surface area contributed by atoms with Crippen LogP contribution in [0.5, 0.6) is 5.75 Å². The highest BCUT2D eigenvalue weighted by Gasteiger charge is 2.15. The summed E-state index contributed by atoms with van der Waals surface area (Å²) >= 11 is 18.2. The Morgan fingerprint density at radius 2 is 1.74 bits per heavy atom. The van der Waals surface area contributed by atoms with Gasteiger partial charge >= 0.3 is 0 Å². The smallest absolute Gasteiger partial charge is 0.292 e. The summed E-state index contributed by atoms with van der Waals surface area (Å²) < 4.78 is 13.0. The molecule has 2 heterocycles. The second-order valence-electron chi connectivity index (χ2n) is 7.74. The highest BCUT2D eigenvalue weighted by atomic mass is 35.5. The van der Waals surface area contributed by atoms with Crippen LogP contribution in [-0.2, 0) is 13.2 Å². The molecule has 5 aromatic rings. The van der Waals surface area contributed by atoms with Crippen molar-refractivity contribution in [1.82, 2.24) is 9.78 Å². The van der Waals surface area contributed by atoms with Gasteiger partial charge in [-0.1, -0.05) is 77.3 Å². The van der Waals surface area contributed by atoms with Gasteiger partial charge in [-0.2, -0.15) is 5.10 Å². The lowest BCUT2D eigenvalue weighted by atomic mass is 10.0. The molecule has 0 aliphatic carbocycles. The minimum Gasteiger partial charge on any atom is -0.483 e. The molecule has 6 nitrogen and oxygen atoms in total. The van der Waals surface area contributed by atoms with Crippen LogP contribution < -0.4 is 10.1 Å². The van der Waals surface area contributed by atoms with Gasteiger partial charge in [0.1, 0.15) is 12.4 Å². The lowest BCUT2D eigenvalue weighted by molar-refractivity contribution is 0.0992. The zero-order chi connectivity index (χ0) is 24.4. The van der Waals surface area contributed by atoms with Crippen molar-refractivity contribution in [2.45, 2.75) is 13.2 Å². The molecule has 0 spiro atoms. The topological polar surface area (TPSA) is 69.3 Å². The van der Waals surface area contributed by atoms with Gasteiger partial charge in [0.2, 0.25) is 0 Å². The molecule has 0 fully saturated rings. The number of halogens is 3. The van der Waals surface area contributed by atoms with Crippen LogP contribution in [0.15, 0.2) is 83.4 Å². The van der Waals surface area contributed by atoms with E-state index in [0.717, 1.165) is 5.56 Å². The van der Waals surface area contributed by atoms with E-state index in [1.807, 2.05) is 24.4 Å². The standard InChI is InChI=1S/C26H18Cl3N3O3/c27-18-12-21(28)25(22(29)13-18)34-15-19-8-9-23(35-19)26(33)30-24-10-11-32(31-24)14-17-6-3-5-16-4-1-2-7-20(16)17/h1-13H,14-15H2,(H,30,31,33). The number of rotatable bonds is 7. The summed E-state index contributed by atoms with van der Waals surface area (Å²) in [6, 6.07) is 22.4. The van der Waals surface area contributed by atoms with Crippen molar-refractivity contribution in [2.24, 2.45) is 0 Å². The lowest BCUT2D eigenvalue weighted by Gasteiger charge is -2.09. The number of ether oxygens (including phenoxy) is 1. The summed E-state index contributed by atoms with van der Waals surface area (Å²) in [6.07, 6.45) is 1.82. The van der Waals surface area contributed by atoms with E-state index in [2.05, 4.69) is 34.7 Å². The van der Waals surface area contributed by atoms with Gasteiger partial charge in [0.05, 0.1) is 16.6 Å². The Hall–Kier alpha value is -3.45. The SMILES string of the molecule is O=C(Nc1ccn(Cc2cccc3ccccc23)n1)c1ccc(COc2c(Cl)cc(Cl)cc2Cl)o1. The number of amides is 1. The highest BCUT2D eigenvalue weighted by molar-refractivity contribution is 6.40. The second kappa shape index (κ2) is 10.0. The van der Waals surface area contributed by atoms with Gasteiger partial charge < -0.3 is 14.5 Å². The fourth-order valence-corrected chi connectivity index (χ4v) is 4.61. The number of hydrogen-bond acceptors (Lipinski definition) is 4. The van der Waals surface area contributed by atoms with Crippen molar-refractivity contribution in [2.75, 3.05) is 5.32 Å². The molecule has 0 radical (unpaired) electrons. The van der Waals surface area contributed by atoms with Crippen LogP contribution in [-0.4, -0.2) is 15.7 Å². The summed E-state index contributed by atoms with van der Waals surface area (Å²) in [5.41, 5.74) is 1.14. The van der Waals surface area contributed by atoms with Crippen molar-refractivity contribution >= 4 is 57.3 Å². The zero-order valence-corrected chi connectivity index (χ0v) is 20.4. The third kappa shape index (κ3) is 5.30. The molecule has 0 unspecified atom stereocenters. The minimum atomic E-state index is -0.422. The highest BCUT2D eigenvalue weighted by Crippen LogP contribution is 2.36. The molecule has 0 atom stereocenters. The summed E-state index contributed by atoms with van der Waals surface area (Å²) in [6.45, 7) is 0.614. The summed E-state index contributed by atoms with van der Waals surface area (Å²) in [5.74, 6) is 0.842. The van der Waals surface area contributed by atoms with Crippen molar-refractivity contribution in [3.05, 3.63) is 111 Å². The number of hydrogen-bond donors (Lipinski definition) is 1. The first kappa shape index (κ1) is 23.3. The minimum absolute atomic E-state index is 0.0357. The Morgan fingerprint density at radius 3 is 2.57 bits per heavy atom. The maximum atomic E-state index is 12.6. The van der Waals surface area contributed by atoms with E-state index in [1.165, 1.54) is 22.9 Å². The molecule has 1 N–H and O–H groups in total. The molecule has 1 amide bonds. The van der Waals surface area contributed by atoms with Gasteiger partial charge in [-0.05, 0) is 40.6 Å². The Kier molecular flexibility index (Phi) is 6.68. The van der Waals surface area contributed by atoms with Gasteiger partial charge in [-0.15, -0.1) is 0 Å². The Morgan fingerprint density at radius 1 is 0.971 bits per heavy atom. The molecule has 0 bridgehead atoms. The van der Waals surface area contributed by atoms with Crippen LogP contribution in [0.1, 0.15) is 21.9 Å². The largest absolute Gasteiger partial charge is 0.483 e. The Balaban J connectivity index is 1.22. The number of nitrogens with one attached hydrogen (secondary N) is 1. The fraction of sp³-hybridized carbons (Fsp3) is 0.0769. The molecule has 176 valence electrons. The van der Waals surface area contributed by atoms with E-state index in [0.29, 0.717) is 23.1 Å².